The summed E-state index contributed by atoms with van der Waals surface area (Å²) in [5, 5.41) is 5.66. The van der Waals surface area contributed by atoms with Crippen molar-refractivity contribution in [3.63, 3.8) is 0 Å². The Labute approximate surface area is 62.6 Å². The lowest BCUT2D eigenvalue weighted by atomic mass is 10.8. The van der Waals surface area contributed by atoms with E-state index in [4.69, 9.17) is 11.3 Å². The van der Waals surface area contributed by atoms with Gasteiger partial charge in [0.05, 0.1) is 0 Å². The van der Waals surface area contributed by atoms with E-state index in [9.17, 15) is 0 Å². The molecule has 0 atom stereocenters. The van der Waals surface area contributed by atoms with Crippen LogP contribution in [0.15, 0.2) is 5.11 Å². The van der Waals surface area contributed by atoms with Crippen molar-refractivity contribution in [3.8, 4) is 0 Å². The molecule has 1 aromatic heterocycles. The van der Waals surface area contributed by atoms with Crippen molar-refractivity contribution in [2.24, 2.45) is 5.11 Å². The van der Waals surface area contributed by atoms with Crippen molar-refractivity contribution < 1.29 is 0 Å². The van der Waals surface area contributed by atoms with E-state index in [2.05, 4.69) is 25.4 Å². The van der Waals surface area contributed by atoms with Crippen molar-refractivity contribution in [1.82, 2.24) is 15.0 Å². The molecule has 7 nitrogen and oxygen atoms in total. The van der Waals surface area contributed by atoms with Crippen LogP contribution >= 0.6 is 0 Å². The highest BCUT2D eigenvalue weighted by atomic mass is 15.2. The third-order valence-corrected chi connectivity index (χ3v) is 0.965. The average Bonchev–Trinajstić information content (AvgIpc) is 2.03. The molecule has 1 rings (SSSR count). The molecule has 0 aliphatic heterocycles. The van der Waals surface area contributed by atoms with E-state index in [1.807, 2.05) is 0 Å². The standard InChI is InChI=1S/C4H7N7/c1-7-3-8-2(5)9-4(10-3)11-6/h6H,1H3,(H3,5,7,8,9,10). The van der Waals surface area contributed by atoms with Crippen LogP contribution in [-0.2, 0) is 0 Å². The lowest BCUT2D eigenvalue weighted by Gasteiger charge is -1.97. The fraction of sp³-hybridized carbons (Fsp3) is 0.250. The molecule has 0 radical (unpaired) electrons. The van der Waals surface area contributed by atoms with Gasteiger partial charge >= 0.3 is 0 Å². The molecule has 0 amide bonds. The number of hydrogen-bond donors (Lipinski definition) is 3. The maximum absolute atomic E-state index is 6.60. The van der Waals surface area contributed by atoms with Crippen molar-refractivity contribution in [3.05, 3.63) is 0 Å². The molecule has 0 saturated carbocycles. The number of aromatic nitrogens is 3. The fourth-order valence-corrected chi connectivity index (χ4v) is 0.542. The van der Waals surface area contributed by atoms with Crippen LogP contribution in [0.3, 0.4) is 0 Å². The van der Waals surface area contributed by atoms with Gasteiger partial charge in [-0.25, -0.2) is 5.53 Å². The van der Waals surface area contributed by atoms with Crippen molar-refractivity contribution in [2.75, 3.05) is 18.1 Å². The molecule has 0 spiro atoms. The van der Waals surface area contributed by atoms with Crippen molar-refractivity contribution in [2.45, 2.75) is 0 Å². The number of nitrogens with two attached hydrogens (primary N) is 1. The Morgan fingerprint density at radius 3 is 2.73 bits per heavy atom. The van der Waals surface area contributed by atoms with Crippen LogP contribution in [0.25, 0.3) is 0 Å². The van der Waals surface area contributed by atoms with Gasteiger partial charge in [0.15, 0.2) is 0 Å². The molecule has 0 unspecified atom stereocenters. The Kier molecular flexibility index (Phi) is 1.90. The molecule has 1 aromatic rings. The topological polar surface area (TPSA) is 113 Å². The van der Waals surface area contributed by atoms with Crippen LogP contribution < -0.4 is 11.1 Å². The van der Waals surface area contributed by atoms with E-state index in [1.54, 1.807) is 7.05 Å². The summed E-state index contributed by atoms with van der Waals surface area (Å²) in [5.74, 6) is 0.362. The average molecular weight is 153 g/mol. The molecular formula is C4H7N7. The number of nitrogens with zero attached hydrogens (tertiary/aromatic N) is 4. The zero-order valence-corrected chi connectivity index (χ0v) is 5.87. The fourth-order valence-electron chi connectivity index (χ4n) is 0.542. The molecule has 11 heavy (non-hydrogen) atoms. The largest absolute Gasteiger partial charge is 0.368 e. The number of nitrogens with one attached hydrogen (secondary N) is 2. The van der Waals surface area contributed by atoms with E-state index in [0.717, 1.165) is 0 Å². The Morgan fingerprint density at radius 2 is 2.18 bits per heavy atom. The zero-order valence-electron chi connectivity index (χ0n) is 5.87. The first-order valence-corrected chi connectivity index (χ1v) is 2.83. The summed E-state index contributed by atoms with van der Waals surface area (Å²) in [7, 11) is 1.64. The summed E-state index contributed by atoms with van der Waals surface area (Å²) >= 11 is 0. The Balaban J connectivity index is 3.11. The summed E-state index contributed by atoms with van der Waals surface area (Å²) in [5.41, 5.74) is 11.9. The molecule has 4 N–H and O–H groups in total. The molecule has 0 aromatic carbocycles. The zero-order chi connectivity index (χ0) is 8.27. The first-order chi connectivity index (χ1) is 5.26. The minimum atomic E-state index is 0.00171. The molecular weight excluding hydrogens is 146 g/mol. The molecule has 0 aliphatic rings. The van der Waals surface area contributed by atoms with Gasteiger partial charge < -0.3 is 11.1 Å². The van der Waals surface area contributed by atoms with Gasteiger partial charge in [-0.2, -0.15) is 15.0 Å². The maximum Gasteiger partial charge on any atom is 0.274 e. The second kappa shape index (κ2) is 2.86. The molecule has 0 saturated heterocycles. The number of nitrogen functional groups attached to an aromatic ring is 1. The first-order valence-electron chi connectivity index (χ1n) is 2.83. The van der Waals surface area contributed by atoms with E-state index < -0.39 is 0 Å². The van der Waals surface area contributed by atoms with Crippen molar-refractivity contribution in [1.29, 1.82) is 5.53 Å². The minimum absolute atomic E-state index is 0.00171. The highest BCUT2D eigenvalue weighted by Gasteiger charge is 1.99. The normalized spacial score (nSPS) is 9.18. The third kappa shape index (κ3) is 1.57. The Morgan fingerprint density at radius 1 is 1.45 bits per heavy atom. The molecule has 1 heterocycles. The van der Waals surface area contributed by atoms with Crippen LogP contribution in [-0.4, -0.2) is 22.0 Å². The van der Waals surface area contributed by atoms with Crippen LogP contribution in [0.1, 0.15) is 0 Å². The number of hydrogen-bond acceptors (Lipinski definition) is 7. The first kappa shape index (κ1) is 7.32. The molecule has 0 bridgehead atoms. The SMILES string of the molecule is CNc1nc(N)nc(N=N)n1. The van der Waals surface area contributed by atoms with Crippen LogP contribution in [0.4, 0.5) is 17.8 Å². The smallest absolute Gasteiger partial charge is 0.274 e. The third-order valence-electron chi connectivity index (χ3n) is 0.965. The van der Waals surface area contributed by atoms with Gasteiger partial charge in [-0.1, -0.05) is 0 Å². The monoisotopic (exact) mass is 153 g/mol. The maximum atomic E-state index is 6.60. The van der Waals surface area contributed by atoms with E-state index in [-0.39, 0.29) is 11.9 Å². The van der Waals surface area contributed by atoms with Gasteiger partial charge in [0.2, 0.25) is 11.9 Å². The predicted octanol–water partition coefficient (Wildman–Crippen LogP) is 0.158. The minimum Gasteiger partial charge on any atom is -0.368 e. The predicted molar refractivity (Wildman–Crippen MR) is 38.6 cm³/mol. The van der Waals surface area contributed by atoms with Gasteiger partial charge in [-0.05, 0) is 0 Å². The van der Waals surface area contributed by atoms with Gasteiger partial charge in [-0.15, -0.1) is 5.11 Å². The van der Waals surface area contributed by atoms with Crippen LogP contribution in [0.2, 0.25) is 0 Å². The molecule has 58 valence electrons. The van der Waals surface area contributed by atoms with E-state index in [0.29, 0.717) is 5.95 Å². The van der Waals surface area contributed by atoms with Gasteiger partial charge in [0.1, 0.15) is 0 Å². The Bertz CT molecular complexity index is 269. The van der Waals surface area contributed by atoms with Crippen molar-refractivity contribution >= 4 is 17.8 Å². The second-order valence-corrected chi connectivity index (χ2v) is 1.68. The quantitative estimate of drug-likeness (QED) is 0.523. The summed E-state index contributed by atoms with van der Waals surface area (Å²) in [4.78, 5) is 11.0. The number of anilines is 2. The summed E-state index contributed by atoms with van der Waals surface area (Å²) in [6, 6.07) is 0. The lowest BCUT2D eigenvalue weighted by molar-refractivity contribution is 0.986. The van der Waals surface area contributed by atoms with Gasteiger partial charge in [-0.3, -0.25) is 0 Å². The highest BCUT2D eigenvalue weighted by molar-refractivity contribution is 5.35. The number of rotatable bonds is 2. The van der Waals surface area contributed by atoms with Crippen LogP contribution in [0.5, 0.6) is 0 Å². The van der Waals surface area contributed by atoms with Gasteiger partial charge in [0, 0.05) is 7.05 Å². The van der Waals surface area contributed by atoms with Crippen LogP contribution in [0, 0.1) is 5.53 Å². The van der Waals surface area contributed by atoms with E-state index >= 15 is 0 Å². The second-order valence-electron chi connectivity index (χ2n) is 1.68. The van der Waals surface area contributed by atoms with Gasteiger partial charge in [0.25, 0.3) is 5.95 Å². The lowest BCUT2D eigenvalue weighted by Crippen LogP contribution is -2.02. The molecule has 0 aliphatic carbocycles. The Hall–Kier alpha value is -1.79. The summed E-state index contributed by atoms with van der Waals surface area (Å²) in [6.45, 7) is 0. The van der Waals surface area contributed by atoms with E-state index in [1.165, 1.54) is 0 Å². The molecule has 0 fully saturated rings. The summed E-state index contributed by atoms with van der Waals surface area (Å²) in [6.07, 6.45) is 0. The summed E-state index contributed by atoms with van der Waals surface area (Å²) < 4.78 is 0. The highest BCUT2D eigenvalue weighted by Crippen LogP contribution is 2.07. The molecule has 7 heteroatoms.